The molecule has 6 nitrogen and oxygen atoms in total. The number of hydrogen-bond acceptors (Lipinski definition) is 5. The first-order valence-electron chi connectivity index (χ1n) is 9.22. The molecule has 3 rings (SSSR count). The first-order chi connectivity index (χ1) is 13.2. The van der Waals surface area contributed by atoms with Crippen LogP contribution in [0, 0.1) is 5.92 Å². The number of sulfone groups is 1. The summed E-state index contributed by atoms with van der Waals surface area (Å²) >= 11 is 3.26. The second-order valence-electron chi connectivity index (χ2n) is 7.42. The van der Waals surface area contributed by atoms with E-state index in [4.69, 9.17) is 9.15 Å². The summed E-state index contributed by atoms with van der Waals surface area (Å²) in [5.74, 6) is 1.58. The Balaban J connectivity index is 1.79. The number of hydrogen-bond donors (Lipinski definition) is 0. The van der Waals surface area contributed by atoms with Crippen LogP contribution >= 0.6 is 15.9 Å². The molecule has 0 spiro atoms. The molecular formula is C20H24BrNO5S. The van der Waals surface area contributed by atoms with Crippen LogP contribution in [0.5, 0.6) is 5.75 Å². The first kappa shape index (κ1) is 20.9. The number of halogens is 1. The molecule has 0 bridgehead atoms. The maximum Gasteiger partial charge on any atom is 0.254 e. The molecule has 2 heterocycles. The zero-order chi connectivity index (χ0) is 20.3. The molecule has 1 unspecified atom stereocenters. The summed E-state index contributed by atoms with van der Waals surface area (Å²) in [6.45, 7) is 4.96. The van der Waals surface area contributed by atoms with Crippen LogP contribution in [0.4, 0.5) is 0 Å². The Kier molecular flexibility index (Phi) is 6.50. The number of benzene rings is 1. The fraction of sp³-hybridized carbons (Fsp3) is 0.450. The monoisotopic (exact) mass is 469 g/mol. The van der Waals surface area contributed by atoms with E-state index in [1.165, 1.54) is 0 Å². The third kappa shape index (κ3) is 5.38. The maximum absolute atomic E-state index is 13.2. The van der Waals surface area contributed by atoms with Gasteiger partial charge in [0.05, 0.1) is 24.7 Å². The Labute approximate surface area is 173 Å². The minimum atomic E-state index is -3.12. The first-order valence-corrected chi connectivity index (χ1v) is 11.8. The molecule has 1 aromatic carbocycles. The summed E-state index contributed by atoms with van der Waals surface area (Å²) in [4.78, 5) is 14.8. The van der Waals surface area contributed by atoms with Crippen LogP contribution < -0.4 is 4.74 Å². The van der Waals surface area contributed by atoms with Crippen LogP contribution in [0.15, 0.2) is 45.5 Å². The summed E-state index contributed by atoms with van der Waals surface area (Å²) in [7, 11) is -3.12. The van der Waals surface area contributed by atoms with Gasteiger partial charge in [-0.1, -0.05) is 13.8 Å². The van der Waals surface area contributed by atoms with Crippen LogP contribution in [0.3, 0.4) is 0 Å². The molecule has 2 aromatic rings. The molecule has 1 fully saturated rings. The van der Waals surface area contributed by atoms with Gasteiger partial charge in [0.2, 0.25) is 0 Å². The van der Waals surface area contributed by atoms with E-state index in [0.29, 0.717) is 40.7 Å². The van der Waals surface area contributed by atoms with Gasteiger partial charge in [0, 0.05) is 11.6 Å². The predicted molar refractivity (Wildman–Crippen MR) is 110 cm³/mol. The van der Waals surface area contributed by atoms with Gasteiger partial charge in [-0.05, 0) is 64.7 Å². The van der Waals surface area contributed by atoms with E-state index in [-0.39, 0.29) is 30.0 Å². The minimum Gasteiger partial charge on any atom is -0.493 e. The van der Waals surface area contributed by atoms with E-state index in [2.05, 4.69) is 29.8 Å². The van der Waals surface area contributed by atoms with E-state index in [1.54, 1.807) is 41.3 Å². The third-order valence-corrected chi connectivity index (χ3v) is 6.73. The highest BCUT2D eigenvalue weighted by atomic mass is 79.9. The molecule has 28 heavy (non-hydrogen) atoms. The molecule has 1 aliphatic heterocycles. The highest BCUT2D eigenvalue weighted by Gasteiger charge is 2.35. The summed E-state index contributed by atoms with van der Waals surface area (Å²) in [6.07, 6.45) is 0.436. The van der Waals surface area contributed by atoms with E-state index < -0.39 is 9.84 Å². The Morgan fingerprint density at radius 1 is 1.25 bits per heavy atom. The van der Waals surface area contributed by atoms with Gasteiger partial charge in [-0.3, -0.25) is 4.79 Å². The molecule has 8 heteroatoms. The SMILES string of the molecule is CC(C)COc1ccc(C(=O)N(Cc2ccc(Br)o2)C2CCS(=O)(=O)C2)cc1. The zero-order valence-electron chi connectivity index (χ0n) is 15.9. The van der Waals surface area contributed by atoms with Gasteiger partial charge < -0.3 is 14.1 Å². The third-order valence-electron chi connectivity index (χ3n) is 4.55. The van der Waals surface area contributed by atoms with Gasteiger partial charge in [-0.2, -0.15) is 0 Å². The standard InChI is InChI=1S/C20H24BrNO5S/c1-14(2)12-26-17-5-3-15(4-6-17)20(23)22(11-18-7-8-19(21)27-18)16-9-10-28(24,25)13-16/h3-8,14,16H,9-13H2,1-2H3. The lowest BCUT2D eigenvalue weighted by atomic mass is 10.1. The van der Waals surface area contributed by atoms with Gasteiger partial charge in [-0.25, -0.2) is 8.42 Å². The number of rotatable bonds is 7. The van der Waals surface area contributed by atoms with E-state index in [0.717, 1.165) is 0 Å². The smallest absolute Gasteiger partial charge is 0.254 e. The van der Waals surface area contributed by atoms with E-state index in [9.17, 15) is 13.2 Å². The number of amides is 1. The molecule has 0 N–H and O–H groups in total. The molecule has 152 valence electrons. The van der Waals surface area contributed by atoms with Crippen molar-refractivity contribution < 1.29 is 22.4 Å². The Morgan fingerprint density at radius 3 is 2.50 bits per heavy atom. The number of carbonyl (C=O) groups is 1. The predicted octanol–water partition coefficient (Wildman–Crippen LogP) is 3.91. The van der Waals surface area contributed by atoms with Gasteiger partial charge in [-0.15, -0.1) is 0 Å². The second-order valence-corrected chi connectivity index (χ2v) is 10.4. The van der Waals surface area contributed by atoms with Gasteiger partial charge in [0.15, 0.2) is 14.5 Å². The second kappa shape index (κ2) is 8.69. The molecule has 1 amide bonds. The largest absolute Gasteiger partial charge is 0.493 e. The van der Waals surface area contributed by atoms with E-state index >= 15 is 0 Å². The molecule has 1 aliphatic rings. The Bertz CT molecular complexity index is 920. The molecular weight excluding hydrogens is 446 g/mol. The number of carbonyl (C=O) groups excluding carboxylic acids is 1. The van der Waals surface area contributed by atoms with Crippen LogP contribution in [0.25, 0.3) is 0 Å². The fourth-order valence-corrected chi connectivity index (χ4v) is 5.19. The van der Waals surface area contributed by atoms with Crippen molar-refractivity contribution in [3.63, 3.8) is 0 Å². The normalized spacial score (nSPS) is 18.4. The molecule has 0 saturated carbocycles. The highest BCUT2D eigenvalue weighted by Crippen LogP contribution is 2.25. The van der Waals surface area contributed by atoms with Crippen molar-refractivity contribution in [3.8, 4) is 5.75 Å². The van der Waals surface area contributed by atoms with E-state index in [1.807, 2.05) is 0 Å². The lowest BCUT2D eigenvalue weighted by Crippen LogP contribution is -2.40. The lowest BCUT2D eigenvalue weighted by Gasteiger charge is -2.27. The summed E-state index contributed by atoms with van der Waals surface area (Å²) in [5.41, 5.74) is 0.492. The van der Waals surface area contributed by atoms with Crippen molar-refractivity contribution in [1.82, 2.24) is 4.90 Å². The van der Waals surface area contributed by atoms with Crippen molar-refractivity contribution in [2.45, 2.75) is 32.9 Å². The van der Waals surface area contributed by atoms with Crippen molar-refractivity contribution in [3.05, 3.63) is 52.4 Å². The summed E-state index contributed by atoms with van der Waals surface area (Å²) in [6, 6.07) is 10.1. The van der Waals surface area contributed by atoms with Crippen molar-refractivity contribution in [2.75, 3.05) is 18.1 Å². The average molecular weight is 470 g/mol. The fourth-order valence-electron chi connectivity index (χ4n) is 3.11. The average Bonchev–Trinajstić information content (AvgIpc) is 3.22. The molecule has 1 atom stereocenters. The minimum absolute atomic E-state index is 0.0177. The van der Waals surface area contributed by atoms with Gasteiger partial charge in [0.1, 0.15) is 11.5 Å². The molecule has 0 radical (unpaired) electrons. The van der Waals surface area contributed by atoms with Crippen LogP contribution in [-0.4, -0.2) is 43.4 Å². The molecule has 1 aromatic heterocycles. The topological polar surface area (TPSA) is 76.8 Å². The molecule has 1 saturated heterocycles. The highest BCUT2D eigenvalue weighted by molar-refractivity contribution is 9.10. The van der Waals surface area contributed by atoms with Crippen LogP contribution in [0.2, 0.25) is 0 Å². The van der Waals surface area contributed by atoms with Crippen molar-refractivity contribution in [1.29, 1.82) is 0 Å². The molecule has 0 aliphatic carbocycles. The quantitative estimate of drug-likeness (QED) is 0.614. The van der Waals surface area contributed by atoms with Gasteiger partial charge >= 0.3 is 0 Å². The Hall–Kier alpha value is -1.80. The van der Waals surface area contributed by atoms with Crippen molar-refractivity contribution >= 4 is 31.7 Å². The summed E-state index contributed by atoms with van der Waals surface area (Å²) < 4.78 is 35.7. The number of ether oxygens (including phenoxy) is 1. The van der Waals surface area contributed by atoms with Crippen LogP contribution in [0.1, 0.15) is 36.4 Å². The Morgan fingerprint density at radius 2 is 1.96 bits per heavy atom. The maximum atomic E-state index is 13.2. The summed E-state index contributed by atoms with van der Waals surface area (Å²) in [5, 5.41) is 0. The van der Waals surface area contributed by atoms with Gasteiger partial charge in [0.25, 0.3) is 5.91 Å². The number of furan rings is 1. The van der Waals surface area contributed by atoms with Crippen molar-refractivity contribution in [2.24, 2.45) is 5.92 Å². The van der Waals surface area contributed by atoms with Crippen LogP contribution in [-0.2, 0) is 16.4 Å². The number of nitrogens with zero attached hydrogens (tertiary/aromatic N) is 1. The zero-order valence-corrected chi connectivity index (χ0v) is 18.3. The lowest BCUT2D eigenvalue weighted by molar-refractivity contribution is 0.0665.